The van der Waals surface area contributed by atoms with Crippen LogP contribution in [0.4, 0.5) is 5.69 Å². The molecular weight excluding hydrogens is 322 g/mol. The van der Waals surface area contributed by atoms with Crippen molar-refractivity contribution in [2.24, 2.45) is 0 Å². The third-order valence-corrected chi connectivity index (χ3v) is 6.98. The minimum Gasteiger partial charge on any atom is -0.372 e. The lowest BCUT2D eigenvalue weighted by molar-refractivity contribution is 0.578. The topological polar surface area (TPSA) is 3.24 Å². The van der Waals surface area contributed by atoms with E-state index < -0.39 is 0 Å². The van der Waals surface area contributed by atoms with Crippen molar-refractivity contribution in [3.63, 3.8) is 0 Å². The number of piperidine rings is 1. The van der Waals surface area contributed by atoms with E-state index in [1.807, 2.05) is 0 Å². The highest BCUT2D eigenvalue weighted by molar-refractivity contribution is 7.97. The quantitative estimate of drug-likeness (QED) is 0.542. The van der Waals surface area contributed by atoms with Gasteiger partial charge in [-0.1, -0.05) is 36.4 Å². The van der Waals surface area contributed by atoms with Crippen molar-refractivity contribution in [1.82, 2.24) is 0 Å². The molecule has 1 saturated heterocycles. The maximum Gasteiger partial charge on any atom is 0.166 e. The highest BCUT2D eigenvalue weighted by Gasteiger charge is 2.28. The smallest absolute Gasteiger partial charge is 0.166 e. The molecule has 0 amide bonds. The van der Waals surface area contributed by atoms with E-state index in [0.717, 1.165) is 0 Å². The Bertz CT molecular complexity index is 738. The summed E-state index contributed by atoms with van der Waals surface area (Å²) in [4.78, 5) is 6.66. The van der Waals surface area contributed by atoms with E-state index in [4.69, 9.17) is 0 Å². The molecule has 0 bridgehead atoms. The van der Waals surface area contributed by atoms with E-state index in [1.54, 1.807) is 0 Å². The summed E-state index contributed by atoms with van der Waals surface area (Å²) >= 11 is 0. The van der Waals surface area contributed by atoms with Gasteiger partial charge in [-0.05, 0) is 67.8 Å². The highest BCUT2D eigenvalue weighted by atomic mass is 32.2. The van der Waals surface area contributed by atoms with Gasteiger partial charge in [0, 0.05) is 18.8 Å². The molecular formula is C23H24NS+. The number of nitrogens with zero attached hydrogens (tertiary/aromatic N) is 1. The van der Waals surface area contributed by atoms with Crippen LogP contribution in [0.25, 0.3) is 0 Å². The lowest BCUT2D eigenvalue weighted by Crippen LogP contribution is -2.29. The van der Waals surface area contributed by atoms with Crippen molar-refractivity contribution >= 4 is 16.6 Å². The van der Waals surface area contributed by atoms with Crippen LogP contribution in [0, 0.1) is 0 Å². The Morgan fingerprint density at radius 1 is 0.520 bits per heavy atom. The van der Waals surface area contributed by atoms with Crippen molar-refractivity contribution in [1.29, 1.82) is 0 Å². The van der Waals surface area contributed by atoms with Gasteiger partial charge in [-0.25, -0.2) is 0 Å². The van der Waals surface area contributed by atoms with E-state index in [2.05, 4.69) is 89.8 Å². The van der Waals surface area contributed by atoms with Crippen LogP contribution in [0.3, 0.4) is 0 Å². The van der Waals surface area contributed by atoms with E-state index in [-0.39, 0.29) is 10.9 Å². The predicted molar refractivity (Wildman–Crippen MR) is 108 cm³/mol. The third-order valence-electron chi connectivity index (χ3n) is 4.75. The number of hydrogen-bond acceptors (Lipinski definition) is 1. The van der Waals surface area contributed by atoms with E-state index >= 15 is 0 Å². The third kappa shape index (κ3) is 3.74. The van der Waals surface area contributed by atoms with Crippen molar-refractivity contribution < 1.29 is 0 Å². The second-order valence-electron chi connectivity index (χ2n) is 6.47. The Hall–Kier alpha value is -2.19. The van der Waals surface area contributed by atoms with Crippen LogP contribution >= 0.6 is 0 Å². The van der Waals surface area contributed by atoms with Crippen LogP contribution < -0.4 is 4.90 Å². The first-order chi connectivity index (χ1) is 12.4. The van der Waals surface area contributed by atoms with Gasteiger partial charge in [-0.3, -0.25) is 0 Å². The summed E-state index contributed by atoms with van der Waals surface area (Å²) in [6.07, 6.45) is 4.01. The Morgan fingerprint density at radius 2 is 1.00 bits per heavy atom. The molecule has 3 aromatic carbocycles. The summed E-state index contributed by atoms with van der Waals surface area (Å²) in [6.45, 7) is 2.39. The normalized spacial score (nSPS) is 14.7. The zero-order chi connectivity index (χ0) is 16.9. The molecule has 0 atom stereocenters. The van der Waals surface area contributed by atoms with Crippen LogP contribution in [-0.2, 0) is 10.9 Å². The molecule has 1 fully saturated rings. The van der Waals surface area contributed by atoms with Crippen LogP contribution in [0.2, 0.25) is 0 Å². The van der Waals surface area contributed by atoms with Gasteiger partial charge in [-0.2, -0.15) is 0 Å². The summed E-state index contributed by atoms with van der Waals surface area (Å²) in [5, 5.41) is 0. The zero-order valence-corrected chi connectivity index (χ0v) is 15.3. The first kappa shape index (κ1) is 16.3. The largest absolute Gasteiger partial charge is 0.372 e. The van der Waals surface area contributed by atoms with E-state index in [0.29, 0.717) is 0 Å². The Labute approximate surface area is 153 Å². The van der Waals surface area contributed by atoms with Gasteiger partial charge in [0.2, 0.25) is 0 Å². The first-order valence-corrected chi connectivity index (χ1v) is 10.3. The maximum atomic E-state index is 2.52. The average Bonchev–Trinajstić information content (AvgIpc) is 2.71. The van der Waals surface area contributed by atoms with Crippen LogP contribution in [0.1, 0.15) is 19.3 Å². The second kappa shape index (κ2) is 7.79. The van der Waals surface area contributed by atoms with Gasteiger partial charge >= 0.3 is 0 Å². The molecule has 1 nitrogen and oxygen atoms in total. The molecule has 25 heavy (non-hydrogen) atoms. The SMILES string of the molecule is c1ccc([S+](c2ccccc2)c2ccc(N3CCCCC3)cc2)cc1. The standard InChI is InChI=1S/C23H24NS/c1-4-10-21(11-5-1)25(22-12-6-2-7-13-22)23-16-14-20(15-17-23)24-18-8-3-9-19-24/h1-2,4-7,10-17H,3,8-9,18-19H2/q+1. The van der Waals surface area contributed by atoms with Crippen LogP contribution in [0.5, 0.6) is 0 Å². The highest BCUT2D eigenvalue weighted by Crippen LogP contribution is 2.32. The van der Waals surface area contributed by atoms with Crippen molar-refractivity contribution in [3.8, 4) is 0 Å². The summed E-state index contributed by atoms with van der Waals surface area (Å²) in [6, 6.07) is 31.0. The molecule has 4 rings (SSSR count). The number of anilines is 1. The summed E-state index contributed by atoms with van der Waals surface area (Å²) in [7, 11) is -0.0463. The molecule has 1 heterocycles. The molecule has 0 radical (unpaired) electrons. The molecule has 1 aliphatic heterocycles. The van der Waals surface area contributed by atoms with Crippen molar-refractivity contribution in [3.05, 3.63) is 84.9 Å². The molecule has 0 aliphatic carbocycles. The van der Waals surface area contributed by atoms with E-state index in [1.165, 1.54) is 52.7 Å². The van der Waals surface area contributed by atoms with Gasteiger partial charge in [-0.15, -0.1) is 0 Å². The van der Waals surface area contributed by atoms with Gasteiger partial charge in [0.15, 0.2) is 14.7 Å². The molecule has 3 aromatic rings. The molecule has 0 spiro atoms. The first-order valence-electron chi connectivity index (χ1n) is 9.11. The molecule has 126 valence electrons. The van der Waals surface area contributed by atoms with Crippen molar-refractivity contribution in [2.75, 3.05) is 18.0 Å². The summed E-state index contributed by atoms with van der Waals surface area (Å²) in [5.41, 5.74) is 1.37. The Kier molecular flexibility index (Phi) is 5.08. The van der Waals surface area contributed by atoms with Gasteiger partial charge < -0.3 is 4.90 Å². The lowest BCUT2D eigenvalue weighted by Gasteiger charge is -2.28. The molecule has 2 heteroatoms. The maximum absolute atomic E-state index is 2.52. The Morgan fingerprint density at radius 3 is 1.52 bits per heavy atom. The van der Waals surface area contributed by atoms with Crippen LogP contribution in [-0.4, -0.2) is 13.1 Å². The fourth-order valence-electron chi connectivity index (χ4n) is 3.47. The summed E-state index contributed by atoms with van der Waals surface area (Å²) in [5.74, 6) is 0. The fraction of sp³-hybridized carbons (Fsp3) is 0.217. The molecule has 0 N–H and O–H groups in total. The number of rotatable bonds is 4. The molecule has 0 unspecified atom stereocenters. The fourth-order valence-corrected chi connectivity index (χ4v) is 5.55. The monoisotopic (exact) mass is 346 g/mol. The average molecular weight is 347 g/mol. The minimum absolute atomic E-state index is 0.0463. The predicted octanol–water partition coefficient (Wildman–Crippen LogP) is 5.77. The van der Waals surface area contributed by atoms with Crippen LogP contribution in [0.15, 0.2) is 99.6 Å². The number of hydrogen-bond donors (Lipinski definition) is 0. The summed E-state index contributed by atoms with van der Waals surface area (Å²) < 4.78 is 0. The zero-order valence-electron chi connectivity index (χ0n) is 14.5. The van der Waals surface area contributed by atoms with E-state index in [9.17, 15) is 0 Å². The van der Waals surface area contributed by atoms with Gasteiger partial charge in [0.25, 0.3) is 0 Å². The van der Waals surface area contributed by atoms with Gasteiger partial charge in [0.1, 0.15) is 0 Å². The Balaban J connectivity index is 1.68. The van der Waals surface area contributed by atoms with Crippen molar-refractivity contribution in [2.45, 2.75) is 33.9 Å². The minimum atomic E-state index is -0.0463. The number of benzene rings is 3. The van der Waals surface area contributed by atoms with Gasteiger partial charge in [0.05, 0.1) is 10.9 Å². The second-order valence-corrected chi connectivity index (χ2v) is 8.50. The molecule has 0 saturated carbocycles. The molecule has 0 aromatic heterocycles. The lowest BCUT2D eigenvalue weighted by atomic mass is 10.1. The molecule has 1 aliphatic rings.